The Morgan fingerprint density at radius 2 is 2.04 bits per heavy atom. The molecule has 1 aromatic heterocycles. The molecule has 0 fully saturated rings. The third-order valence-electron chi connectivity index (χ3n) is 3.83. The average molecular weight is 362 g/mol. The number of nitrogens with one attached hydrogen (secondary N) is 2. The van der Waals surface area contributed by atoms with E-state index < -0.39 is 17.8 Å². The number of aryl methyl sites for hydroxylation is 2. The van der Waals surface area contributed by atoms with Crippen molar-refractivity contribution in [3.63, 3.8) is 0 Å². The number of carbonyl (C=O) groups excluding carboxylic acids is 2. The smallest absolute Gasteiger partial charge is 0.337 e. The highest BCUT2D eigenvalue weighted by molar-refractivity contribution is 5.94. The number of carbonyl (C=O) groups is 2. The lowest BCUT2D eigenvalue weighted by atomic mass is 10.2. The Labute approximate surface area is 151 Å². The molecule has 0 aliphatic carbocycles. The van der Waals surface area contributed by atoms with Crippen molar-refractivity contribution < 1.29 is 18.7 Å². The predicted molar refractivity (Wildman–Crippen MR) is 95.6 cm³/mol. The van der Waals surface area contributed by atoms with E-state index in [0.29, 0.717) is 13.1 Å². The molecule has 2 aromatic rings. The molecular weight excluding hydrogens is 339 g/mol. The van der Waals surface area contributed by atoms with Gasteiger partial charge in [0.05, 0.1) is 24.1 Å². The normalized spacial score (nSPS) is 11.7. The minimum absolute atomic E-state index is 0.0865. The first-order chi connectivity index (χ1) is 12.3. The molecule has 2 N–H and O–H groups in total. The second-order valence-electron chi connectivity index (χ2n) is 6.24. The summed E-state index contributed by atoms with van der Waals surface area (Å²) in [6.07, 6.45) is 0. The van der Waals surface area contributed by atoms with Crippen molar-refractivity contribution >= 4 is 17.7 Å². The van der Waals surface area contributed by atoms with Gasteiger partial charge in [0.1, 0.15) is 5.82 Å². The fraction of sp³-hybridized carbons (Fsp3) is 0.389. The Bertz CT molecular complexity index is 804. The first kappa shape index (κ1) is 19.4. The van der Waals surface area contributed by atoms with Crippen molar-refractivity contribution in [1.29, 1.82) is 0 Å². The highest BCUT2D eigenvalue weighted by atomic mass is 19.1. The number of methoxy groups -OCH3 is 1. The van der Waals surface area contributed by atoms with Crippen LogP contribution in [0.15, 0.2) is 24.3 Å². The molecule has 0 aliphatic rings. The number of urea groups is 1. The molecule has 0 saturated heterocycles. The third-order valence-corrected chi connectivity index (χ3v) is 3.83. The van der Waals surface area contributed by atoms with Gasteiger partial charge in [0.25, 0.3) is 0 Å². The van der Waals surface area contributed by atoms with E-state index >= 15 is 0 Å². The van der Waals surface area contributed by atoms with Crippen molar-refractivity contribution in [1.82, 2.24) is 15.1 Å². The quantitative estimate of drug-likeness (QED) is 0.774. The summed E-state index contributed by atoms with van der Waals surface area (Å²) in [6, 6.07) is 5.07. The maximum atomic E-state index is 13.8. The van der Waals surface area contributed by atoms with Crippen LogP contribution in [0.1, 0.15) is 28.7 Å². The van der Waals surface area contributed by atoms with E-state index in [-0.39, 0.29) is 17.2 Å². The Morgan fingerprint density at radius 3 is 2.65 bits per heavy atom. The van der Waals surface area contributed by atoms with Crippen molar-refractivity contribution in [2.75, 3.05) is 19.0 Å². The Balaban J connectivity index is 1.90. The van der Waals surface area contributed by atoms with Gasteiger partial charge < -0.3 is 15.4 Å². The first-order valence-electron chi connectivity index (χ1n) is 8.24. The number of aromatic nitrogens is 2. The molecule has 7 nitrogen and oxygen atoms in total. The summed E-state index contributed by atoms with van der Waals surface area (Å²) >= 11 is 0. The summed E-state index contributed by atoms with van der Waals surface area (Å²) in [5.41, 5.74) is 2.07. The SMILES string of the molecule is COC(=O)c1ccc(F)c(NC(=O)NCC(C)Cn2nc(C)cc2C)c1. The van der Waals surface area contributed by atoms with Crippen molar-refractivity contribution in [2.45, 2.75) is 27.3 Å². The molecule has 1 heterocycles. The lowest BCUT2D eigenvalue weighted by Crippen LogP contribution is -2.34. The van der Waals surface area contributed by atoms with E-state index in [1.807, 2.05) is 31.5 Å². The van der Waals surface area contributed by atoms with Crippen molar-refractivity contribution in [3.05, 3.63) is 47.0 Å². The van der Waals surface area contributed by atoms with Gasteiger partial charge in [0.15, 0.2) is 0 Å². The minimum atomic E-state index is -0.636. The van der Waals surface area contributed by atoms with Crippen LogP contribution >= 0.6 is 0 Å². The van der Waals surface area contributed by atoms with E-state index in [9.17, 15) is 14.0 Å². The number of rotatable bonds is 6. The molecule has 26 heavy (non-hydrogen) atoms. The predicted octanol–water partition coefficient (Wildman–Crippen LogP) is 2.88. The molecule has 8 heteroatoms. The van der Waals surface area contributed by atoms with Crippen LogP contribution in [-0.2, 0) is 11.3 Å². The summed E-state index contributed by atoms with van der Waals surface area (Å²) < 4.78 is 20.3. The number of esters is 1. The van der Waals surface area contributed by atoms with Gasteiger partial charge in [-0.2, -0.15) is 5.10 Å². The zero-order valence-electron chi connectivity index (χ0n) is 15.3. The third kappa shape index (κ3) is 5.05. The Morgan fingerprint density at radius 1 is 1.31 bits per heavy atom. The van der Waals surface area contributed by atoms with Gasteiger partial charge in [-0.1, -0.05) is 6.92 Å². The molecule has 1 unspecified atom stereocenters. The average Bonchev–Trinajstić information content (AvgIpc) is 2.91. The lowest BCUT2D eigenvalue weighted by molar-refractivity contribution is 0.0600. The summed E-state index contributed by atoms with van der Waals surface area (Å²) in [5, 5.41) is 9.49. The lowest BCUT2D eigenvalue weighted by Gasteiger charge is -2.15. The van der Waals surface area contributed by atoms with E-state index in [2.05, 4.69) is 20.5 Å². The first-order valence-corrected chi connectivity index (χ1v) is 8.24. The zero-order valence-corrected chi connectivity index (χ0v) is 15.3. The van der Waals surface area contributed by atoms with Crippen LogP contribution < -0.4 is 10.6 Å². The molecule has 2 rings (SSSR count). The molecule has 0 saturated carbocycles. The van der Waals surface area contributed by atoms with Crippen molar-refractivity contribution in [3.8, 4) is 0 Å². The van der Waals surface area contributed by atoms with Gasteiger partial charge in [-0.25, -0.2) is 14.0 Å². The molecular formula is C18H23FN4O3. The van der Waals surface area contributed by atoms with Crippen molar-refractivity contribution in [2.24, 2.45) is 5.92 Å². The molecule has 140 valence electrons. The van der Waals surface area contributed by atoms with Gasteiger partial charge in [-0.15, -0.1) is 0 Å². The summed E-state index contributed by atoms with van der Waals surface area (Å²) in [6.45, 7) is 6.94. The summed E-state index contributed by atoms with van der Waals surface area (Å²) in [5.74, 6) is -1.11. The maximum Gasteiger partial charge on any atom is 0.337 e. The molecule has 1 atom stereocenters. The van der Waals surface area contributed by atoms with Crippen LogP contribution in [0.5, 0.6) is 0 Å². The number of halogens is 1. The van der Waals surface area contributed by atoms with E-state index in [1.54, 1.807) is 0 Å². The Hall–Kier alpha value is -2.90. The number of hydrogen-bond acceptors (Lipinski definition) is 4. The standard InChI is InChI=1S/C18H23FN4O3/c1-11(10-23-13(3)7-12(2)22-23)9-20-18(25)21-16-8-14(17(24)26-4)5-6-15(16)19/h5-8,11H,9-10H2,1-4H3,(H2,20,21,25). The molecule has 0 radical (unpaired) electrons. The molecule has 2 amide bonds. The largest absolute Gasteiger partial charge is 0.465 e. The molecule has 1 aromatic carbocycles. The number of benzene rings is 1. The van der Waals surface area contributed by atoms with Crippen LogP contribution in [0.3, 0.4) is 0 Å². The molecule has 0 aliphatic heterocycles. The van der Waals surface area contributed by atoms with Crippen LogP contribution in [0.25, 0.3) is 0 Å². The highest BCUT2D eigenvalue weighted by Crippen LogP contribution is 2.17. The monoisotopic (exact) mass is 362 g/mol. The molecule has 0 spiro atoms. The number of nitrogens with zero attached hydrogens (tertiary/aromatic N) is 2. The highest BCUT2D eigenvalue weighted by Gasteiger charge is 2.13. The van der Waals surface area contributed by atoms with E-state index in [0.717, 1.165) is 17.5 Å². The number of ether oxygens (including phenoxy) is 1. The van der Waals surface area contributed by atoms with Gasteiger partial charge in [-0.3, -0.25) is 4.68 Å². The maximum absolute atomic E-state index is 13.8. The number of hydrogen-bond donors (Lipinski definition) is 2. The summed E-state index contributed by atoms with van der Waals surface area (Å²) in [4.78, 5) is 23.5. The van der Waals surface area contributed by atoms with Gasteiger partial charge in [0.2, 0.25) is 0 Å². The van der Waals surface area contributed by atoms with Crippen LogP contribution in [0.4, 0.5) is 14.9 Å². The fourth-order valence-electron chi connectivity index (χ4n) is 2.52. The Kier molecular flexibility index (Phi) is 6.32. The van der Waals surface area contributed by atoms with Gasteiger partial charge in [-0.05, 0) is 44.0 Å². The van der Waals surface area contributed by atoms with Crippen LogP contribution in [-0.4, -0.2) is 35.4 Å². The second kappa shape index (κ2) is 8.46. The number of amides is 2. The molecule has 0 bridgehead atoms. The van der Waals surface area contributed by atoms with Gasteiger partial charge >= 0.3 is 12.0 Å². The fourth-order valence-corrected chi connectivity index (χ4v) is 2.52. The van der Waals surface area contributed by atoms with Gasteiger partial charge in [0, 0.05) is 18.8 Å². The van der Waals surface area contributed by atoms with E-state index in [1.165, 1.54) is 19.2 Å². The van der Waals surface area contributed by atoms with E-state index in [4.69, 9.17) is 0 Å². The topological polar surface area (TPSA) is 85.2 Å². The summed E-state index contributed by atoms with van der Waals surface area (Å²) in [7, 11) is 1.23. The van der Waals surface area contributed by atoms with Crippen LogP contribution in [0, 0.1) is 25.6 Å². The zero-order chi connectivity index (χ0) is 19.3. The number of anilines is 1. The second-order valence-corrected chi connectivity index (χ2v) is 6.24. The van der Waals surface area contributed by atoms with Crippen LogP contribution in [0.2, 0.25) is 0 Å². The minimum Gasteiger partial charge on any atom is -0.465 e.